The molecule has 4 aromatic rings. The van der Waals surface area contributed by atoms with Crippen molar-refractivity contribution in [2.45, 2.75) is 20.8 Å². The Labute approximate surface area is 194 Å². The molecule has 0 unspecified atom stereocenters. The Bertz CT molecular complexity index is 1330. The van der Waals surface area contributed by atoms with Crippen LogP contribution in [-0.4, -0.2) is 33.1 Å². The third-order valence-corrected chi connectivity index (χ3v) is 4.99. The number of fused-ring (bicyclic) bond motifs is 1. The molecule has 33 heavy (non-hydrogen) atoms. The number of benzene rings is 2. The highest BCUT2D eigenvalue weighted by atomic mass is 35.5. The molecule has 10 nitrogen and oxygen atoms in total. The van der Waals surface area contributed by atoms with E-state index in [4.69, 9.17) is 25.9 Å². The number of oxazole rings is 1. The zero-order chi connectivity index (χ0) is 24.0. The van der Waals surface area contributed by atoms with Crippen LogP contribution in [-0.2, 0) is 4.79 Å². The predicted molar refractivity (Wildman–Crippen MR) is 129 cm³/mol. The van der Waals surface area contributed by atoms with Crippen LogP contribution in [0.15, 0.2) is 45.7 Å². The highest BCUT2D eigenvalue weighted by Crippen LogP contribution is 2.28. The highest BCUT2D eigenvalue weighted by Gasteiger charge is 2.10. The monoisotopic (exact) mass is 470 g/mol. The van der Waals surface area contributed by atoms with Gasteiger partial charge in [-0.1, -0.05) is 11.6 Å². The first-order valence-electron chi connectivity index (χ1n) is 9.97. The van der Waals surface area contributed by atoms with Gasteiger partial charge in [0.2, 0.25) is 5.95 Å². The summed E-state index contributed by atoms with van der Waals surface area (Å²) in [6.45, 7) is 6.79. The first-order valence-corrected chi connectivity index (χ1v) is 10.3. The molecule has 0 atom stereocenters. The third-order valence-electron chi connectivity index (χ3n) is 4.72. The Hall–Kier alpha value is -4.05. The standard InChI is InChI=1S/C21H21ClN6O2.CH2O2/c1-4-23-16-9-14(7-11(2)12(16)3)26-20-24-10-15(22)19(28-20)25-13-5-6-18-17(8-13)27-21(29)30-18;2-1-3/h5-10,23H,4H2,1-3H3,(H,27,29)(H2,24,25,26,28);1H,(H,2,3). The second-order valence-electron chi connectivity index (χ2n) is 6.97. The highest BCUT2D eigenvalue weighted by molar-refractivity contribution is 6.32. The van der Waals surface area contributed by atoms with E-state index in [1.807, 2.05) is 12.1 Å². The number of halogens is 1. The number of hydrogen-bond donors (Lipinski definition) is 5. The Balaban J connectivity index is 0.000000968. The van der Waals surface area contributed by atoms with Crippen LogP contribution in [0.5, 0.6) is 0 Å². The summed E-state index contributed by atoms with van der Waals surface area (Å²) in [7, 11) is 0. The van der Waals surface area contributed by atoms with Gasteiger partial charge in [-0.15, -0.1) is 0 Å². The first kappa shape index (κ1) is 23.6. The SMILES string of the molecule is CCNc1cc(Nc2ncc(Cl)c(Nc3ccc4oc(=O)[nH]c4c3)n2)cc(C)c1C.O=CO. The van der Waals surface area contributed by atoms with Crippen molar-refractivity contribution < 1.29 is 14.3 Å². The van der Waals surface area contributed by atoms with Gasteiger partial charge in [-0.3, -0.25) is 9.78 Å². The summed E-state index contributed by atoms with van der Waals surface area (Å²) >= 11 is 6.28. The van der Waals surface area contributed by atoms with Gasteiger partial charge in [-0.25, -0.2) is 9.78 Å². The van der Waals surface area contributed by atoms with E-state index in [1.54, 1.807) is 18.2 Å². The Morgan fingerprint density at radius 1 is 1.18 bits per heavy atom. The maximum atomic E-state index is 11.3. The summed E-state index contributed by atoms with van der Waals surface area (Å²) in [5.74, 6) is 0.347. The third kappa shape index (κ3) is 5.80. The van der Waals surface area contributed by atoms with Gasteiger partial charge < -0.3 is 25.5 Å². The summed E-state index contributed by atoms with van der Waals surface area (Å²) in [5.41, 5.74) is 6.06. The molecule has 11 heteroatoms. The molecule has 0 saturated carbocycles. The number of rotatable bonds is 6. The van der Waals surface area contributed by atoms with Crippen molar-refractivity contribution in [1.29, 1.82) is 0 Å². The average Bonchev–Trinajstić information content (AvgIpc) is 3.14. The molecule has 0 fully saturated rings. The first-order chi connectivity index (χ1) is 15.8. The summed E-state index contributed by atoms with van der Waals surface area (Å²) in [4.78, 5) is 31.1. The number of H-pyrrole nitrogens is 1. The minimum absolute atomic E-state index is 0.250. The molecule has 0 amide bonds. The molecule has 0 radical (unpaired) electrons. The number of aromatic nitrogens is 3. The number of nitrogens with zero attached hydrogens (tertiary/aromatic N) is 2. The molecule has 5 N–H and O–H groups in total. The number of aryl methyl sites for hydroxylation is 1. The molecule has 0 aliphatic rings. The molecule has 0 bridgehead atoms. The number of aromatic amines is 1. The van der Waals surface area contributed by atoms with E-state index in [0.717, 1.165) is 23.5 Å². The van der Waals surface area contributed by atoms with Gasteiger partial charge >= 0.3 is 5.76 Å². The van der Waals surface area contributed by atoms with E-state index in [0.29, 0.717) is 33.6 Å². The number of carbonyl (C=O) groups is 1. The van der Waals surface area contributed by atoms with Gasteiger partial charge in [0, 0.05) is 23.6 Å². The number of hydrogen-bond acceptors (Lipinski definition) is 8. The molecule has 0 spiro atoms. The van der Waals surface area contributed by atoms with Crippen LogP contribution in [0.2, 0.25) is 5.02 Å². The summed E-state index contributed by atoms with van der Waals surface area (Å²) < 4.78 is 5.02. The second kappa shape index (κ2) is 10.5. The molecule has 2 aromatic heterocycles. The van der Waals surface area contributed by atoms with Crippen LogP contribution in [0.1, 0.15) is 18.1 Å². The minimum atomic E-state index is -0.501. The van der Waals surface area contributed by atoms with E-state index in [-0.39, 0.29) is 6.47 Å². The largest absolute Gasteiger partial charge is 0.483 e. The number of carboxylic acid groups (broad SMARTS) is 1. The normalized spacial score (nSPS) is 10.3. The maximum Gasteiger partial charge on any atom is 0.417 e. The molecule has 4 rings (SSSR count). The topological polar surface area (TPSA) is 145 Å². The lowest BCUT2D eigenvalue weighted by Crippen LogP contribution is -2.04. The Morgan fingerprint density at radius 2 is 1.94 bits per heavy atom. The molecule has 172 valence electrons. The van der Waals surface area contributed by atoms with Crippen molar-refractivity contribution in [2.75, 3.05) is 22.5 Å². The van der Waals surface area contributed by atoms with E-state index < -0.39 is 5.76 Å². The summed E-state index contributed by atoms with van der Waals surface area (Å²) in [5, 5.41) is 17.0. The fourth-order valence-corrected chi connectivity index (χ4v) is 3.25. The van der Waals surface area contributed by atoms with Crippen LogP contribution in [0, 0.1) is 13.8 Å². The lowest BCUT2D eigenvalue weighted by atomic mass is 10.1. The molecule has 2 heterocycles. The van der Waals surface area contributed by atoms with Crippen molar-refractivity contribution in [3.8, 4) is 0 Å². The van der Waals surface area contributed by atoms with Crippen LogP contribution in [0.3, 0.4) is 0 Å². The van der Waals surface area contributed by atoms with Gasteiger partial charge in [0.25, 0.3) is 6.47 Å². The molecule has 0 saturated heterocycles. The van der Waals surface area contributed by atoms with Crippen molar-refractivity contribution in [1.82, 2.24) is 15.0 Å². The van der Waals surface area contributed by atoms with Crippen molar-refractivity contribution >= 4 is 58.0 Å². The van der Waals surface area contributed by atoms with E-state index >= 15 is 0 Å². The molecule has 2 aromatic carbocycles. The van der Waals surface area contributed by atoms with Crippen LogP contribution >= 0.6 is 11.6 Å². The summed E-state index contributed by atoms with van der Waals surface area (Å²) in [6.07, 6.45) is 1.53. The van der Waals surface area contributed by atoms with Crippen molar-refractivity contribution in [3.63, 3.8) is 0 Å². The zero-order valence-electron chi connectivity index (χ0n) is 18.2. The van der Waals surface area contributed by atoms with Gasteiger partial charge in [0.05, 0.1) is 11.7 Å². The molecular formula is C22H23ClN6O4. The molecule has 0 aliphatic carbocycles. The minimum Gasteiger partial charge on any atom is -0.483 e. The van der Waals surface area contributed by atoms with Gasteiger partial charge in [0.1, 0.15) is 5.02 Å². The molecule has 0 aliphatic heterocycles. The predicted octanol–water partition coefficient (Wildman–Crippen LogP) is 4.80. The maximum absolute atomic E-state index is 11.3. The van der Waals surface area contributed by atoms with Crippen molar-refractivity contribution in [3.05, 3.63) is 63.2 Å². The van der Waals surface area contributed by atoms with Gasteiger partial charge in [-0.05, 0) is 62.2 Å². The quantitative estimate of drug-likeness (QED) is 0.251. The van der Waals surface area contributed by atoms with Crippen molar-refractivity contribution in [2.24, 2.45) is 0 Å². The molecular weight excluding hydrogens is 448 g/mol. The van der Waals surface area contributed by atoms with E-state index in [9.17, 15) is 4.79 Å². The van der Waals surface area contributed by atoms with Gasteiger partial charge in [-0.2, -0.15) is 4.98 Å². The van der Waals surface area contributed by atoms with Crippen LogP contribution in [0.25, 0.3) is 11.1 Å². The fourth-order valence-electron chi connectivity index (χ4n) is 3.12. The number of nitrogens with one attached hydrogen (secondary N) is 4. The second-order valence-corrected chi connectivity index (χ2v) is 7.37. The van der Waals surface area contributed by atoms with Gasteiger partial charge in [0.15, 0.2) is 11.4 Å². The number of anilines is 5. The Morgan fingerprint density at radius 3 is 2.67 bits per heavy atom. The zero-order valence-corrected chi connectivity index (χ0v) is 18.9. The van der Waals surface area contributed by atoms with E-state index in [1.165, 1.54) is 11.8 Å². The lowest BCUT2D eigenvalue weighted by molar-refractivity contribution is -0.122. The smallest absolute Gasteiger partial charge is 0.417 e. The van der Waals surface area contributed by atoms with E-state index in [2.05, 4.69) is 51.7 Å². The van der Waals surface area contributed by atoms with Crippen LogP contribution in [0.4, 0.5) is 28.8 Å². The summed E-state index contributed by atoms with van der Waals surface area (Å²) in [6, 6.07) is 9.29. The lowest BCUT2D eigenvalue weighted by Gasteiger charge is -2.14. The average molecular weight is 471 g/mol. The fraction of sp³-hybridized carbons (Fsp3) is 0.182. The Kier molecular flexibility index (Phi) is 7.52. The van der Waals surface area contributed by atoms with Crippen LogP contribution < -0.4 is 21.7 Å².